The number of hydrogen-bond donors (Lipinski definition) is 2. The van der Waals surface area contributed by atoms with Gasteiger partial charge in [0, 0.05) is 5.02 Å². The Labute approximate surface area is 140 Å². The summed E-state index contributed by atoms with van der Waals surface area (Å²) in [6.45, 7) is 0. The maximum atomic E-state index is 11.5. The average Bonchev–Trinajstić information content (AvgIpc) is 2.62. The molecule has 0 radical (unpaired) electrons. The first kappa shape index (κ1) is 15.8. The minimum Gasteiger partial charge on any atom is -0.385 e. The van der Waals surface area contributed by atoms with Gasteiger partial charge in [0.2, 0.25) is 0 Å². The van der Waals surface area contributed by atoms with Gasteiger partial charge < -0.3 is 10.2 Å². The Morgan fingerprint density at radius 2 is 1.17 bits per heavy atom. The summed E-state index contributed by atoms with van der Waals surface area (Å²) < 4.78 is 0. The molecule has 0 amide bonds. The van der Waals surface area contributed by atoms with Gasteiger partial charge in [0.15, 0.2) is 0 Å². The first-order chi connectivity index (χ1) is 11.1. The van der Waals surface area contributed by atoms with Gasteiger partial charge in [-0.3, -0.25) is 0 Å². The highest BCUT2D eigenvalue weighted by Gasteiger charge is 2.40. The third-order valence-electron chi connectivity index (χ3n) is 4.01. The molecule has 0 aliphatic carbocycles. The molecule has 3 rings (SSSR count). The lowest BCUT2D eigenvalue weighted by Gasteiger charge is -2.34. The molecule has 0 saturated heterocycles. The van der Waals surface area contributed by atoms with Gasteiger partial charge in [0.1, 0.15) is 11.7 Å². The molecule has 2 nitrogen and oxygen atoms in total. The van der Waals surface area contributed by atoms with Crippen LogP contribution in [0.4, 0.5) is 0 Å². The zero-order valence-corrected chi connectivity index (χ0v) is 13.2. The molecule has 0 bridgehead atoms. The molecule has 23 heavy (non-hydrogen) atoms. The van der Waals surface area contributed by atoms with Crippen molar-refractivity contribution in [3.05, 3.63) is 107 Å². The first-order valence-corrected chi connectivity index (χ1v) is 7.77. The van der Waals surface area contributed by atoms with E-state index in [9.17, 15) is 10.2 Å². The van der Waals surface area contributed by atoms with E-state index in [1.807, 2.05) is 36.4 Å². The summed E-state index contributed by atoms with van der Waals surface area (Å²) in [5.74, 6) is 0. The van der Waals surface area contributed by atoms with Gasteiger partial charge in [-0.25, -0.2) is 0 Å². The fourth-order valence-electron chi connectivity index (χ4n) is 2.76. The Kier molecular flexibility index (Phi) is 4.49. The third kappa shape index (κ3) is 3.02. The Morgan fingerprint density at radius 3 is 1.74 bits per heavy atom. The highest BCUT2D eigenvalue weighted by atomic mass is 35.5. The number of rotatable bonds is 4. The van der Waals surface area contributed by atoms with E-state index in [0.717, 1.165) is 0 Å². The Morgan fingerprint density at radius 1 is 0.696 bits per heavy atom. The topological polar surface area (TPSA) is 40.5 Å². The van der Waals surface area contributed by atoms with Gasteiger partial charge in [0.25, 0.3) is 0 Å². The molecule has 0 spiro atoms. The second kappa shape index (κ2) is 6.55. The van der Waals surface area contributed by atoms with Gasteiger partial charge in [-0.05, 0) is 28.8 Å². The van der Waals surface area contributed by atoms with E-state index in [1.165, 1.54) is 0 Å². The van der Waals surface area contributed by atoms with Crippen LogP contribution < -0.4 is 0 Å². The normalized spacial score (nSPS) is 14.9. The van der Waals surface area contributed by atoms with E-state index in [0.29, 0.717) is 21.7 Å². The monoisotopic (exact) mass is 324 g/mol. The SMILES string of the molecule is OC(c1ccccc1)C(O)(c1ccccc1)c1ccc(Cl)cc1. The minimum atomic E-state index is -1.56. The van der Waals surface area contributed by atoms with Crippen molar-refractivity contribution in [3.63, 3.8) is 0 Å². The highest BCUT2D eigenvalue weighted by molar-refractivity contribution is 6.30. The number of aliphatic hydroxyl groups excluding tert-OH is 1. The summed E-state index contributed by atoms with van der Waals surface area (Å²) >= 11 is 5.96. The van der Waals surface area contributed by atoms with E-state index in [1.54, 1.807) is 48.5 Å². The van der Waals surface area contributed by atoms with Crippen molar-refractivity contribution in [1.82, 2.24) is 0 Å². The molecule has 0 fully saturated rings. The van der Waals surface area contributed by atoms with Crippen LogP contribution in [0.1, 0.15) is 22.8 Å². The molecule has 3 aromatic carbocycles. The van der Waals surface area contributed by atoms with Crippen molar-refractivity contribution in [3.8, 4) is 0 Å². The number of halogens is 1. The zero-order valence-electron chi connectivity index (χ0n) is 12.4. The molecule has 116 valence electrons. The molecule has 3 heteroatoms. The van der Waals surface area contributed by atoms with Crippen LogP contribution in [0.2, 0.25) is 5.02 Å². The fourth-order valence-corrected chi connectivity index (χ4v) is 2.88. The van der Waals surface area contributed by atoms with Crippen molar-refractivity contribution >= 4 is 11.6 Å². The summed E-state index contributed by atoms with van der Waals surface area (Å²) in [5.41, 5.74) is 0.296. The van der Waals surface area contributed by atoms with Crippen LogP contribution in [0.3, 0.4) is 0 Å². The van der Waals surface area contributed by atoms with Crippen LogP contribution in [0.5, 0.6) is 0 Å². The Bertz CT molecular complexity index is 757. The average molecular weight is 325 g/mol. The molecule has 0 aliphatic heterocycles. The van der Waals surface area contributed by atoms with Crippen molar-refractivity contribution in [1.29, 1.82) is 0 Å². The molecular formula is C20H17ClO2. The molecule has 3 aromatic rings. The van der Waals surface area contributed by atoms with Crippen LogP contribution in [-0.4, -0.2) is 10.2 Å². The van der Waals surface area contributed by atoms with Crippen molar-refractivity contribution in [2.45, 2.75) is 11.7 Å². The maximum Gasteiger partial charge on any atom is 0.145 e. The van der Waals surface area contributed by atoms with Crippen molar-refractivity contribution in [2.75, 3.05) is 0 Å². The zero-order chi connectivity index (χ0) is 16.3. The Balaban J connectivity index is 2.16. The van der Waals surface area contributed by atoms with Gasteiger partial charge in [-0.1, -0.05) is 84.4 Å². The quantitative estimate of drug-likeness (QED) is 0.750. The molecule has 0 saturated carbocycles. The van der Waals surface area contributed by atoms with Gasteiger partial charge in [0.05, 0.1) is 0 Å². The summed E-state index contributed by atoms with van der Waals surface area (Å²) in [7, 11) is 0. The van der Waals surface area contributed by atoms with E-state index < -0.39 is 11.7 Å². The number of aliphatic hydroxyl groups is 2. The maximum absolute atomic E-state index is 11.5. The lowest BCUT2D eigenvalue weighted by molar-refractivity contribution is -0.0517. The standard InChI is InChI=1S/C20H17ClO2/c21-18-13-11-17(12-14-18)20(23,16-9-5-2-6-10-16)19(22)15-7-3-1-4-8-15/h1-14,19,22-23H. The molecule has 2 unspecified atom stereocenters. The summed E-state index contributed by atoms with van der Waals surface area (Å²) in [6, 6.07) is 25.2. The van der Waals surface area contributed by atoms with E-state index >= 15 is 0 Å². The second-order valence-electron chi connectivity index (χ2n) is 5.45. The van der Waals surface area contributed by atoms with E-state index in [-0.39, 0.29) is 0 Å². The first-order valence-electron chi connectivity index (χ1n) is 7.39. The smallest absolute Gasteiger partial charge is 0.145 e. The third-order valence-corrected chi connectivity index (χ3v) is 4.26. The summed E-state index contributed by atoms with van der Waals surface area (Å²) in [5, 5.41) is 23.0. The second-order valence-corrected chi connectivity index (χ2v) is 5.89. The van der Waals surface area contributed by atoms with Crippen molar-refractivity contribution in [2.24, 2.45) is 0 Å². The van der Waals surface area contributed by atoms with Gasteiger partial charge >= 0.3 is 0 Å². The van der Waals surface area contributed by atoms with Gasteiger partial charge in [-0.2, -0.15) is 0 Å². The summed E-state index contributed by atoms with van der Waals surface area (Å²) in [4.78, 5) is 0. The number of hydrogen-bond acceptors (Lipinski definition) is 2. The largest absolute Gasteiger partial charge is 0.385 e. The van der Waals surface area contributed by atoms with Crippen LogP contribution in [0.15, 0.2) is 84.9 Å². The van der Waals surface area contributed by atoms with Crippen LogP contribution in [0, 0.1) is 0 Å². The molecule has 0 heterocycles. The van der Waals surface area contributed by atoms with Crippen LogP contribution in [0.25, 0.3) is 0 Å². The molecular weight excluding hydrogens is 308 g/mol. The van der Waals surface area contributed by atoms with E-state index in [4.69, 9.17) is 11.6 Å². The molecule has 0 aliphatic rings. The van der Waals surface area contributed by atoms with Crippen molar-refractivity contribution < 1.29 is 10.2 Å². The Hall–Kier alpha value is -2.13. The van der Waals surface area contributed by atoms with Crippen LogP contribution >= 0.6 is 11.6 Å². The number of benzene rings is 3. The molecule has 2 N–H and O–H groups in total. The lowest BCUT2D eigenvalue weighted by atomic mass is 9.79. The summed E-state index contributed by atoms with van der Waals surface area (Å²) in [6.07, 6.45) is -1.10. The molecule has 0 aromatic heterocycles. The van der Waals surface area contributed by atoms with E-state index in [2.05, 4.69) is 0 Å². The lowest BCUT2D eigenvalue weighted by Crippen LogP contribution is -2.35. The predicted molar refractivity (Wildman–Crippen MR) is 92.3 cm³/mol. The van der Waals surface area contributed by atoms with Crippen LogP contribution in [-0.2, 0) is 5.60 Å². The molecule has 2 atom stereocenters. The minimum absolute atomic E-state index is 0.582. The predicted octanol–water partition coefficient (Wildman–Crippen LogP) is 4.31. The fraction of sp³-hybridized carbons (Fsp3) is 0.100. The van der Waals surface area contributed by atoms with Gasteiger partial charge in [-0.15, -0.1) is 0 Å². The highest BCUT2D eigenvalue weighted by Crippen LogP contribution is 2.41.